The monoisotopic (exact) mass is 665 g/mol. The highest BCUT2D eigenvalue weighted by Crippen LogP contribution is 2.15. The van der Waals surface area contributed by atoms with E-state index < -0.39 is 6.10 Å². The highest BCUT2D eigenvalue weighted by molar-refractivity contribution is 5.69. The van der Waals surface area contributed by atoms with Crippen LogP contribution in [0.1, 0.15) is 232 Å². The van der Waals surface area contributed by atoms with E-state index in [1.165, 1.54) is 193 Å². The van der Waals surface area contributed by atoms with Gasteiger partial charge in [0.25, 0.3) is 0 Å². The van der Waals surface area contributed by atoms with Crippen molar-refractivity contribution in [2.45, 2.75) is 238 Å². The van der Waals surface area contributed by atoms with Gasteiger partial charge in [0.2, 0.25) is 0 Å². The first kappa shape index (κ1) is 46.1. The van der Waals surface area contributed by atoms with E-state index in [2.05, 4.69) is 26.0 Å². The fourth-order valence-corrected chi connectivity index (χ4v) is 6.38. The number of aliphatic hydroxyl groups excluding tert-OH is 1. The molecule has 4 nitrogen and oxygen atoms in total. The van der Waals surface area contributed by atoms with Gasteiger partial charge in [0, 0.05) is 13.0 Å². The van der Waals surface area contributed by atoms with Gasteiger partial charge in [-0.05, 0) is 38.5 Å². The summed E-state index contributed by atoms with van der Waals surface area (Å²) in [4.78, 5) is 12.2. The molecule has 1 N–H and O–H groups in total. The van der Waals surface area contributed by atoms with E-state index in [1.807, 2.05) is 0 Å². The van der Waals surface area contributed by atoms with E-state index in [0.29, 0.717) is 19.6 Å². The minimum Gasteiger partial charge on any atom is -0.457 e. The molecule has 0 amide bonds. The molecule has 0 saturated heterocycles. The van der Waals surface area contributed by atoms with E-state index in [0.717, 1.165) is 19.3 Å². The Morgan fingerprint density at radius 3 is 1.21 bits per heavy atom. The van der Waals surface area contributed by atoms with Gasteiger partial charge in [-0.2, -0.15) is 0 Å². The molecule has 1 unspecified atom stereocenters. The molecule has 280 valence electrons. The lowest BCUT2D eigenvalue weighted by Crippen LogP contribution is -2.27. The fraction of sp³-hybridized carbons (Fsp3) is 0.930. The average molecular weight is 665 g/mol. The minimum atomic E-state index is -0.529. The summed E-state index contributed by atoms with van der Waals surface area (Å²) in [5.74, 6) is -0.197. The maximum absolute atomic E-state index is 12.2. The maximum atomic E-state index is 12.2. The van der Waals surface area contributed by atoms with Gasteiger partial charge in [-0.15, -0.1) is 0 Å². The van der Waals surface area contributed by atoms with Gasteiger partial charge >= 0.3 is 5.97 Å². The molecule has 0 spiro atoms. The Balaban J connectivity index is 3.38. The molecule has 0 aliphatic rings. The van der Waals surface area contributed by atoms with Crippen molar-refractivity contribution in [2.24, 2.45) is 0 Å². The molecule has 0 aliphatic heterocycles. The zero-order chi connectivity index (χ0) is 34.1. The average Bonchev–Trinajstić information content (AvgIpc) is 3.08. The second kappa shape index (κ2) is 41.3. The molecule has 1 atom stereocenters. The minimum absolute atomic E-state index is 0.167. The first-order chi connectivity index (χ1) is 23.2. The number of carbonyl (C=O) groups is 1. The summed E-state index contributed by atoms with van der Waals surface area (Å²) in [5.41, 5.74) is 0. The van der Waals surface area contributed by atoms with E-state index in [-0.39, 0.29) is 12.6 Å². The SMILES string of the molecule is CCCCCCCCC/C=C\CCCCCCCCCCOCC(CO)OC(=O)CCCCCCCCCCCCCCCCCC. The summed E-state index contributed by atoms with van der Waals surface area (Å²) < 4.78 is 11.2. The molecule has 47 heavy (non-hydrogen) atoms. The molecule has 0 fully saturated rings. The summed E-state index contributed by atoms with van der Waals surface area (Å²) in [6, 6.07) is 0. The van der Waals surface area contributed by atoms with Crippen LogP contribution in [0.3, 0.4) is 0 Å². The second-order valence-corrected chi connectivity index (χ2v) is 14.4. The van der Waals surface area contributed by atoms with Gasteiger partial charge in [-0.3, -0.25) is 4.79 Å². The lowest BCUT2D eigenvalue weighted by Gasteiger charge is -2.16. The number of rotatable bonds is 40. The van der Waals surface area contributed by atoms with Crippen molar-refractivity contribution in [2.75, 3.05) is 19.8 Å². The standard InChI is InChI=1S/C43H84O4/c1-3-5-7-9-11-13-15-17-19-21-22-23-25-27-29-31-33-35-37-39-46-41-42(40-44)47-43(45)38-36-34-32-30-28-26-24-20-18-16-14-12-10-8-6-4-2/h19,21,42,44H,3-18,20,22-41H2,1-2H3/b21-19-. The van der Waals surface area contributed by atoms with Gasteiger partial charge in [0.05, 0.1) is 13.2 Å². The van der Waals surface area contributed by atoms with Crippen molar-refractivity contribution < 1.29 is 19.4 Å². The quantitative estimate of drug-likeness (QED) is 0.0402. The lowest BCUT2D eigenvalue weighted by atomic mass is 10.0. The Hall–Kier alpha value is -0.870. The van der Waals surface area contributed by atoms with Gasteiger partial charge in [0.1, 0.15) is 6.10 Å². The van der Waals surface area contributed by atoms with Crippen molar-refractivity contribution in [1.82, 2.24) is 0 Å². The summed E-state index contributed by atoms with van der Waals surface area (Å²) in [6.45, 7) is 5.38. The molecule has 0 aromatic heterocycles. The van der Waals surface area contributed by atoms with E-state index >= 15 is 0 Å². The van der Waals surface area contributed by atoms with E-state index in [4.69, 9.17) is 9.47 Å². The zero-order valence-electron chi connectivity index (χ0n) is 32.1. The first-order valence-corrected chi connectivity index (χ1v) is 21.3. The van der Waals surface area contributed by atoms with Gasteiger partial charge in [-0.1, -0.05) is 199 Å². The topological polar surface area (TPSA) is 55.8 Å². The molecule has 0 heterocycles. The summed E-state index contributed by atoms with van der Waals surface area (Å²) in [6.07, 6.45) is 48.4. The molecule has 0 aliphatic carbocycles. The Morgan fingerprint density at radius 2 is 0.830 bits per heavy atom. The Morgan fingerprint density at radius 1 is 0.489 bits per heavy atom. The third-order valence-corrected chi connectivity index (χ3v) is 9.59. The molecule has 0 aromatic rings. The van der Waals surface area contributed by atoms with Crippen molar-refractivity contribution in [3.05, 3.63) is 12.2 Å². The second-order valence-electron chi connectivity index (χ2n) is 14.4. The molecule has 4 heteroatoms. The number of allylic oxidation sites excluding steroid dienone is 2. The summed E-state index contributed by atoms with van der Waals surface area (Å²) in [5, 5.41) is 9.59. The van der Waals surface area contributed by atoms with Crippen molar-refractivity contribution in [3.63, 3.8) is 0 Å². The van der Waals surface area contributed by atoms with Crippen LogP contribution < -0.4 is 0 Å². The lowest BCUT2D eigenvalue weighted by molar-refractivity contribution is -0.154. The summed E-state index contributed by atoms with van der Waals surface area (Å²) >= 11 is 0. The zero-order valence-corrected chi connectivity index (χ0v) is 32.1. The third kappa shape index (κ3) is 39.5. The van der Waals surface area contributed by atoms with Crippen LogP contribution >= 0.6 is 0 Å². The van der Waals surface area contributed by atoms with Crippen LogP contribution in [0.15, 0.2) is 12.2 Å². The maximum Gasteiger partial charge on any atom is 0.306 e. The molecular formula is C43H84O4. The van der Waals surface area contributed by atoms with Gasteiger partial charge < -0.3 is 14.6 Å². The van der Waals surface area contributed by atoms with E-state index in [9.17, 15) is 9.90 Å². The Bertz CT molecular complexity index is 619. The number of hydrogen-bond acceptors (Lipinski definition) is 4. The van der Waals surface area contributed by atoms with Crippen molar-refractivity contribution in [1.29, 1.82) is 0 Å². The van der Waals surface area contributed by atoms with Crippen LogP contribution in [-0.2, 0) is 14.3 Å². The number of carbonyl (C=O) groups excluding carboxylic acids is 1. The van der Waals surface area contributed by atoms with Crippen LogP contribution in [0.4, 0.5) is 0 Å². The van der Waals surface area contributed by atoms with Crippen molar-refractivity contribution >= 4 is 5.97 Å². The fourth-order valence-electron chi connectivity index (χ4n) is 6.38. The van der Waals surface area contributed by atoms with E-state index in [1.54, 1.807) is 0 Å². The first-order valence-electron chi connectivity index (χ1n) is 21.3. The van der Waals surface area contributed by atoms with Gasteiger partial charge in [-0.25, -0.2) is 0 Å². The van der Waals surface area contributed by atoms with Crippen LogP contribution in [0, 0.1) is 0 Å². The number of esters is 1. The predicted octanol–water partition coefficient (Wildman–Crippen LogP) is 13.8. The smallest absolute Gasteiger partial charge is 0.306 e. The van der Waals surface area contributed by atoms with Crippen LogP contribution in [0.25, 0.3) is 0 Å². The predicted molar refractivity (Wildman–Crippen MR) is 205 cm³/mol. The largest absolute Gasteiger partial charge is 0.457 e. The molecule has 0 radical (unpaired) electrons. The summed E-state index contributed by atoms with van der Waals surface area (Å²) in [7, 11) is 0. The molecular weight excluding hydrogens is 580 g/mol. The Kier molecular flexibility index (Phi) is 40.5. The number of aliphatic hydroxyl groups is 1. The Labute approximate surface area is 295 Å². The van der Waals surface area contributed by atoms with Crippen LogP contribution in [-0.4, -0.2) is 37.0 Å². The molecule has 0 saturated carbocycles. The highest BCUT2D eigenvalue weighted by Gasteiger charge is 2.13. The molecule has 0 bridgehead atoms. The third-order valence-electron chi connectivity index (χ3n) is 9.59. The number of ether oxygens (including phenoxy) is 2. The number of unbranched alkanes of at least 4 members (excludes halogenated alkanes) is 30. The van der Waals surface area contributed by atoms with Gasteiger partial charge in [0.15, 0.2) is 0 Å². The van der Waals surface area contributed by atoms with Crippen molar-refractivity contribution in [3.8, 4) is 0 Å². The van der Waals surface area contributed by atoms with Crippen LogP contribution in [0.2, 0.25) is 0 Å². The van der Waals surface area contributed by atoms with Crippen LogP contribution in [0.5, 0.6) is 0 Å². The highest BCUT2D eigenvalue weighted by atomic mass is 16.6. The normalized spacial score (nSPS) is 12.3. The number of hydrogen-bond donors (Lipinski definition) is 1. The molecule has 0 rings (SSSR count). The molecule has 0 aromatic carbocycles.